The van der Waals surface area contributed by atoms with Gasteiger partial charge in [-0.15, -0.1) is 0 Å². The maximum Gasteiger partial charge on any atom is 0.251 e. The minimum atomic E-state index is -0.602. The average molecular weight is 403 g/mol. The standard InChI is InChI=1S/C19H20ClFN6O/c1-10(2)24-8-15(11-3-4-13(20)14(21)7-11)27-19-17-16(25-9-26-19)12(18(22)28)5-6-23-17/h3-7,9-10,15,24H,8H2,1-2H3,(H2,22,28)(H,25,26,27). The van der Waals surface area contributed by atoms with Crippen molar-refractivity contribution in [1.29, 1.82) is 0 Å². The molecule has 0 spiro atoms. The zero-order chi connectivity index (χ0) is 20.3. The lowest BCUT2D eigenvalue weighted by Crippen LogP contribution is -2.31. The highest BCUT2D eigenvalue weighted by atomic mass is 35.5. The second-order valence-electron chi connectivity index (χ2n) is 6.58. The van der Waals surface area contributed by atoms with Gasteiger partial charge in [0.15, 0.2) is 5.82 Å². The number of nitrogens with zero attached hydrogens (tertiary/aromatic N) is 3. The quantitative estimate of drug-likeness (QED) is 0.560. The summed E-state index contributed by atoms with van der Waals surface area (Å²) in [6, 6.07) is 6.05. The van der Waals surface area contributed by atoms with Crippen molar-refractivity contribution in [3.63, 3.8) is 0 Å². The van der Waals surface area contributed by atoms with E-state index in [1.807, 2.05) is 13.8 Å². The van der Waals surface area contributed by atoms with Crippen LogP contribution in [0.2, 0.25) is 5.02 Å². The van der Waals surface area contributed by atoms with E-state index in [1.165, 1.54) is 30.7 Å². The molecule has 2 aromatic heterocycles. The van der Waals surface area contributed by atoms with Gasteiger partial charge in [-0.05, 0) is 23.8 Å². The molecule has 0 saturated heterocycles. The van der Waals surface area contributed by atoms with Gasteiger partial charge in [0, 0.05) is 18.8 Å². The number of aromatic nitrogens is 3. The molecule has 1 amide bonds. The fourth-order valence-electron chi connectivity index (χ4n) is 2.77. The first-order valence-corrected chi connectivity index (χ1v) is 9.09. The smallest absolute Gasteiger partial charge is 0.251 e. The van der Waals surface area contributed by atoms with Gasteiger partial charge in [-0.3, -0.25) is 9.78 Å². The topological polar surface area (TPSA) is 106 Å². The second kappa shape index (κ2) is 8.45. The number of fused-ring (bicyclic) bond motifs is 1. The number of nitrogens with two attached hydrogens (primary N) is 1. The Bertz CT molecular complexity index is 1010. The third-order valence-corrected chi connectivity index (χ3v) is 4.48. The molecule has 0 aliphatic rings. The highest BCUT2D eigenvalue weighted by Crippen LogP contribution is 2.26. The van der Waals surface area contributed by atoms with Crippen LogP contribution in [0.4, 0.5) is 10.2 Å². The first-order valence-electron chi connectivity index (χ1n) is 8.71. The van der Waals surface area contributed by atoms with Crippen LogP contribution in [-0.2, 0) is 0 Å². The molecule has 0 aliphatic heterocycles. The molecule has 9 heteroatoms. The van der Waals surface area contributed by atoms with E-state index in [0.29, 0.717) is 29.0 Å². The van der Waals surface area contributed by atoms with Crippen LogP contribution in [0.5, 0.6) is 0 Å². The number of hydrogen-bond acceptors (Lipinski definition) is 6. The summed E-state index contributed by atoms with van der Waals surface area (Å²) in [7, 11) is 0. The predicted octanol–water partition coefficient (Wildman–Crippen LogP) is 3.07. The highest BCUT2D eigenvalue weighted by Gasteiger charge is 2.18. The number of hydrogen-bond donors (Lipinski definition) is 3. The van der Waals surface area contributed by atoms with Crippen LogP contribution in [0, 0.1) is 5.82 Å². The Morgan fingerprint density at radius 2 is 2.00 bits per heavy atom. The van der Waals surface area contributed by atoms with E-state index in [-0.39, 0.29) is 22.7 Å². The molecule has 0 bridgehead atoms. The predicted molar refractivity (Wildman–Crippen MR) is 107 cm³/mol. The van der Waals surface area contributed by atoms with Gasteiger partial charge in [0.2, 0.25) is 0 Å². The van der Waals surface area contributed by atoms with Crippen LogP contribution < -0.4 is 16.4 Å². The Hall–Kier alpha value is -2.84. The number of anilines is 1. The fourth-order valence-corrected chi connectivity index (χ4v) is 2.89. The van der Waals surface area contributed by atoms with E-state index in [9.17, 15) is 9.18 Å². The molecule has 146 valence electrons. The monoisotopic (exact) mass is 402 g/mol. The molecule has 1 unspecified atom stereocenters. The Morgan fingerprint density at radius 1 is 1.21 bits per heavy atom. The molecule has 2 heterocycles. The second-order valence-corrected chi connectivity index (χ2v) is 6.98. The van der Waals surface area contributed by atoms with Gasteiger partial charge in [0.05, 0.1) is 16.6 Å². The molecule has 7 nitrogen and oxygen atoms in total. The van der Waals surface area contributed by atoms with Crippen molar-refractivity contribution in [2.24, 2.45) is 5.73 Å². The minimum Gasteiger partial charge on any atom is -0.366 e. The van der Waals surface area contributed by atoms with Crippen molar-refractivity contribution in [3.8, 4) is 0 Å². The summed E-state index contributed by atoms with van der Waals surface area (Å²) in [6.07, 6.45) is 2.80. The number of primary amides is 1. The van der Waals surface area contributed by atoms with Gasteiger partial charge in [-0.25, -0.2) is 14.4 Å². The van der Waals surface area contributed by atoms with Crippen molar-refractivity contribution in [2.75, 3.05) is 11.9 Å². The van der Waals surface area contributed by atoms with E-state index in [4.69, 9.17) is 17.3 Å². The van der Waals surface area contributed by atoms with Crippen LogP contribution in [0.15, 0.2) is 36.8 Å². The molecule has 0 saturated carbocycles. The van der Waals surface area contributed by atoms with Gasteiger partial charge in [-0.1, -0.05) is 31.5 Å². The summed E-state index contributed by atoms with van der Waals surface area (Å²) < 4.78 is 14.0. The van der Waals surface area contributed by atoms with Gasteiger partial charge in [0.25, 0.3) is 5.91 Å². The molecule has 0 radical (unpaired) electrons. The number of carbonyl (C=O) groups is 1. The van der Waals surface area contributed by atoms with Crippen LogP contribution in [0.3, 0.4) is 0 Å². The van der Waals surface area contributed by atoms with Crippen LogP contribution >= 0.6 is 11.6 Å². The van der Waals surface area contributed by atoms with Crippen molar-refractivity contribution < 1.29 is 9.18 Å². The number of carbonyl (C=O) groups excluding carboxylic acids is 1. The third-order valence-electron chi connectivity index (χ3n) is 4.17. The van der Waals surface area contributed by atoms with Crippen LogP contribution in [-0.4, -0.2) is 33.4 Å². The lowest BCUT2D eigenvalue weighted by Gasteiger charge is -2.22. The summed E-state index contributed by atoms with van der Waals surface area (Å²) >= 11 is 5.81. The minimum absolute atomic E-state index is 0.0552. The maximum atomic E-state index is 14.0. The maximum absolute atomic E-state index is 14.0. The summed E-state index contributed by atoms with van der Waals surface area (Å²) in [5.41, 5.74) is 7.12. The van der Waals surface area contributed by atoms with Gasteiger partial charge in [0.1, 0.15) is 23.2 Å². The molecular weight excluding hydrogens is 383 g/mol. The Balaban J connectivity index is 2.01. The molecule has 1 aromatic carbocycles. The summed E-state index contributed by atoms with van der Waals surface area (Å²) in [6.45, 7) is 4.53. The molecular formula is C19H20ClFN6O. The lowest BCUT2D eigenvalue weighted by atomic mass is 10.1. The van der Waals surface area contributed by atoms with Gasteiger partial charge >= 0.3 is 0 Å². The van der Waals surface area contributed by atoms with Crippen LogP contribution in [0.25, 0.3) is 11.0 Å². The number of halogens is 2. The zero-order valence-electron chi connectivity index (χ0n) is 15.4. The average Bonchev–Trinajstić information content (AvgIpc) is 2.66. The summed E-state index contributed by atoms with van der Waals surface area (Å²) in [5.74, 6) is -0.689. The molecule has 0 fully saturated rings. The van der Waals surface area contributed by atoms with E-state index in [0.717, 1.165) is 0 Å². The molecule has 1 atom stereocenters. The van der Waals surface area contributed by atoms with E-state index < -0.39 is 11.7 Å². The summed E-state index contributed by atoms with van der Waals surface area (Å²) in [4.78, 5) is 24.3. The largest absolute Gasteiger partial charge is 0.366 e. The van der Waals surface area contributed by atoms with Crippen molar-refractivity contribution >= 4 is 34.4 Å². The number of pyridine rings is 1. The number of benzene rings is 1. The van der Waals surface area contributed by atoms with E-state index in [1.54, 1.807) is 6.07 Å². The lowest BCUT2D eigenvalue weighted by molar-refractivity contribution is 0.100. The van der Waals surface area contributed by atoms with E-state index in [2.05, 4.69) is 25.6 Å². The molecule has 4 N–H and O–H groups in total. The van der Waals surface area contributed by atoms with Crippen LogP contribution in [0.1, 0.15) is 35.8 Å². The molecule has 28 heavy (non-hydrogen) atoms. The fraction of sp³-hybridized carbons (Fsp3) is 0.263. The molecule has 3 rings (SSSR count). The van der Waals surface area contributed by atoms with Crippen molar-refractivity contribution in [1.82, 2.24) is 20.3 Å². The number of rotatable bonds is 7. The Kier molecular flexibility index (Phi) is 6.01. The number of nitrogens with one attached hydrogen (secondary N) is 2. The normalized spacial score (nSPS) is 12.3. The van der Waals surface area contributed by atoms with Crippen molar-refractivity contribution in [3.05, 3.63) is 58.8 Å². The first kappa shape index (κ1) is 19.9. The van der Waals surface area contributed by atoms with Crippen molar-refractivity contribution in [2.45, 2.75) is 25.9 Å². The SMILES string of the molecule is CC(C)NCC(Nc1ncnc2c(C(N)=O)ccnc12)c1ccc(Cl)c(F)c1. The highest BCUT2D eigenvalue weighted by molar-refractivity contribution is 6.30. The Labute approximate surface area is 166 Å². The zero-order valence-corrected chi connectivity index (χ0v) is 16.2. The van der Waals surface area contributed by atoms with Gasteiger partial charge < -0.3 is 16.4 Å². The number of amides is 1. The molecule has 0 aliphatic carbocycles. The van der Waals surface area contributed by atoms with E-state index >= 15 is 0 Å². The summed E-state index contributed by atoms with van der Waals surface area (Å²) in [5, 5.41) is 6.64. The first-order chi connectivity index (χ1) is 13.4. The molecule has 3 aromatic rings. The third kappa shape index (κ3) is 4.35. The Morgan fingerprint density at radius 3 is 2.68 bits per heavy atom. The van der Waals surface area contributed by atoms with Gasteiger partial charge in [-0.2, -0.15) is 0 Å².